The lowest BCUT2D eigenvalue weighted by Crippen LogP contribution is -3.00. The van der Waals surface area contributed by atoms with Crippen LogP contribution in [0.25, 0.3) is 32.9 Å². The Bertz CT molecular complexity index is 1200. The fourth-order valence-electron chi connectivity index (χ4n) is 3.72. The van der Waals surface area contributed by atoms with E-state index in [1.807, 2.05) is 0 Å². The van der Waals surface area contributed by atoms with Crippen molar-refractivity contribution in [2.24, 2.45) is 0 Å². The number of pyridine rings is 1. The number of nitrogens with one attached hydrogen (secondary N) is 2. The molecule has 5 aromatic rings. The first-order valence-electron chi connectivity index (χ1n) is 8.99. The van der Waals surface area contributed by atoms with Crippen molar-refractivity contribution < 1.29 is 21.5 Å². The molecule has 3 aromatic heterocycles. The Labute approximate surface area is 168 Å². The van der Waals surface area contributed by atoms with Crippen molar-refractivity contribution in [3.05, 3.63) is 91.0 Å². The van der Waals surface area contributed by atoms with Crippen LogP contribution in [0.4, 0.5) is 0 Å². The first kappa shape index (κ1) is 17.6. The Morgan fingerprint density at radius 2 is 1.44 bits per heavy atom. The van der Waals surface area contributed by atoms with Crippen LogP contribution < -0.4 is 21.5 Å². The lowest BCUT2D eigenvalue weighted by atomic mass is 10.1. The average molecular weight is 418 g/mol. The number of hydrogen-bond acceptors (Lipinski definition) is 0. The van der Waals surface area contributed by atoms with Crippen LogP contribution in [0.15, 0.2) is 85.5 Å². The van der Waals surface area contributed by atoms with Gasteiger partial charge in [0.05, 0.1) is 0 Å². The smallest absolute Gasteiger partial charge is 0.176 e. The Hall–Kier alpha value is -2.85. The van der Waals surface area contributed by atoms with Gasteiger partial charge in [-0.2, -0.15) is 0 Å². The van der Waals surface area contributed by atoms with Crippen LogP contribution in [0, 0.1) is 0 Å². The van der Waals surface area contributed by atoms with E-state index in [4.69, 9.17) is 0 Å². The molecule has 0 saturated carbocycles. The van der Waals surface area contributed by atoms with Gasteiger partial charge in [-0.3, -0.25) is 0 Å². The zero-order valence-corrected chi connectivity index (χ0v) is 16.4. The second-order valence-corrected chi connectivity index (χ2v) is 6.69. The van der Waals surface area contributed by atoms with Crippen molar-refractivity contribution in [3.8, 4) is 11.1 Å². The number of benzene rings is 2. The van der Waals surface area contributed by atoms with Crippen molar-refractivity contribution in [1.29, 1.82) is 0 Å². The molecule has 0 spiro atoms. The molecule has 0 amide bonds. The standard InChI is InChI=1S/C23H20N3.BrH/c1-3-9-22-19(7-1)17(14-24-22)11-13-26-12-5-6-18(16-26)21-15-25-23-10-4-2-8-20(21)23;/h1-10,12,14-16,24-25H,11,13H2;1H/q+1;/p-1. The Morgan fingerprint density at radius 1 is 0.741 bits per heavy atom. The number of hydrogen-bond donors (Lipinski definition) is 2. The summed E-state index contributed by atoms with van der Waals surface area (Å²) in [6.07, 6.45) is 9.63. The minimum absolute atomic E-state index is 0. The van der Waals surface area contributed by atoms with Gasteiger partial charge in [0.1, 0.15) is 0 Å². The summed E-state index contributed by atoms with van der Waals surface area (Å²) >= 11 is 0. The molecule has 3 heterocycles. The topological polar surface area (TPSA) is 35.5 Å². The van der Waals surface area contributed by atoms with Gasteiger partial charge < -0.3 is 26.9 Å². The number of aromatic nitrogens is 3. The third-order valence-electron chi connectivity index (χ3n) is 5.07. The lowest BCUT2D eigenvalue weighted by molar-refractivity contribution is -0.696. The minimum Gasteiger partial charge on any atom is -1.00 e. The molecule has 0 atom stereocenters. The SMILES string of the molecule is [Br-].c1ccc2c(CC[n+]3cccc(-c4c[nH]c5ccccc45)c3)c[nH]c2c1. The lowest BCUT2D eigenvalue weighted by Gasteiger charge is -2.01. The monoisotopic (exact) mass is 417 g/mol. The van der Waals surface area contributed by atoms with Gasteiger partial charge in [-0.1, -0.05) is 36.4 Å². The van der Waals surface area contributed by atoms with Crippen LogP contribution in [0.1, 0.15) is 5.56 Å². The zero-order valence-electron chi connectivity index (χ0n) is 14.8. The molecule has 4 heteroatoms. The predicted octanol–water partition coefficient (Wildman–Crippen LogP) is 1.85. The summed E-state index contributed by atoms with van der Waals surface area (Å²) in [5.74, 6) is 0. The molecule has 0 unspecified atom stereocenters. The van der Waals surface area contributed by atoms with E-state index >= 15 is 0 Å². The van der Waals surface area contributed by atoms with E-state index in [0.29, 0.717) is 0 Å². The van der Waals surface area contributed by atoms with Crippen LogP contribution in [-0.4, -0.2) is 9.97 Å². The number of aromatic amines is 2. The highest BCUT2D eigenvalue weighted by molar-refractivity contribution is 5.95. The maximum Gasteiger partial charge on any atom is 0.176 e. The van der Waals surface area contributed by atoms with Crippen LogP contribution in [-0.2, 0) is 13.0 Å². The van der Waals surface area contributed by atoms with E-state index in [-0.39, 0.29) is 17.0 Å². The number of fused-ring (bicyclic) bond motifs is 2. The van der Waals surface area contributed by atoms with E-state index in [1.54, 1.807) is 0 Å². The molecule has 134 valence electrons. The van der Waals surface area contributed by atoms with Gasteiger partial charge in [-0.15, -0.1) is 0 Å². The molecule has 2 aromatic carbocycles. The fraction of sp³-hybridized carbons (Fsp3) is 0.0870. The van der Waals surface area contributed by atoms with Crippen molar-refractivity contribution in [2.45, 2.75) is 13.0 Å². The highest BCUT2D eigenvalue weighted by Crippen LogP contribution is 2.27. The summed E-state index contributed by atoms with van der Waals surface area (Å²) in [5.41, 5.74) is 6.24. The molecule has 0 radical (unpaired) electrons. The molecular formula is C23H20BrN3. The molecule has 0 aliphatic heterocycles. The van der Waals surface area contributed by atoms with Gasteiger partial charge in [-0.05, 0) is 23.8 Å². The van der Waals surface area contributed by atoms with Gasteiger partial charge in [0.25, 0.3) is 0 Å². The first-order chi connectivity index (χ1) is 12.9. The molecule has 0 aliphatic rings. The van der Waals surface area contributed by atoms with E-state index in [0.717, 1.165) is 13.0 Å². The summed E-state index contributed by atoms with van der Waals surface area (Å²) in [7, 11) is 0. The molecule has 0 aliphatic carbocycles. The number of para-hydroxylation sites is 2. The van der Waals surface area contributed by atoms with Gasteiger partial charge in [0, 0.05) is 57.8 Å². The Morgan fingerprint density at radius 3 is 2.30 bits per heavy atom. The molecule has 2 N–H and O–H groups in total. The molecule has 0 fully saturated rings. The van der Waals surface area contributed by atoms with E-state index in [2.05, 4.69) is 100.0 Å². The minimum atomic E-state index is 0. The molecular weight excluding hydrogens is 398 g/mol. The maximum atomic E-state index is 3.37. The number of H-pyrrole nitrogens is 2. The summed E-state index contributed by atoms with van der Waals surface area (Å²) in [6, 6.07) is 21.2. The normalized spacial score (nSPS) is 11.0. The predicted molar refractivity (Wildman–Crippen MR) is 106 cm³/mol. The third-order valence-corrected chi connectivity index (χ3v) is 5.07. The van der Waals surface area contributed by atoms with Gasteiger partial charge in [0.2, 0.25) is 0 Å². The molecule has 27 heavy (non-hydrogen) atoms. The average Bonchev–Trinajstić information content (AvgIpc) is 3.31. The van der Waals surface area contributed by atoms with Gasteiger partial charge >= 0.3 is 0 Å². The van der Waals surface area contributed by atoms with E-state index < -0.39 is 0 Å². The number of aryl methyl sites for hydroxylation is 2. The van der Waals surface area contributed by atoms with Gasteiger partial charge in [0.15, 0.2) is 18.9 Å². The first-order valence-corrected chi connectivity index (χ1v) is 8.99. The quantitative estimate of drug-likeness (QED) is 0.418. The molecule has 5 rings (SSSR count). The van der Waals surface area contributed by atoms with Crippen molar-refractivity contribution in [2.75, 3.05) is 0 Å². The number of nitrogens with zero attached hydrogens (tertiary/aromatic N) is 1. The number of halogens is 1. The zero-order chi connectivity index (χ0) is 17.3. The van der Waals surface area contributed by atoms with Crippen molar-refractivity contribution in [1.82, 2.24) is 9.97 Å². The van der Waals surface area contributed by atoms with Crippen LogP contribution in [0.3, 0.4) is 0 Å². The largest absolute Gasteiger partial charge is 1.00 e. The second kappa shape index (κ2) is 7.41. The maximum absolute atomic E-state index is 3.37. The van der Waals surface area contributed by atoms with Gasteiger partial charge in [-0.25, -0.2) is 4.57 Å². The molecule has 0 saturated heterocycles. The summed E-state index contributed by atoms with van der Waals surface area (Å²) in [6.45, 7) is 0.956. The van der Waals surface area contributed by atoms with E-state index in [9.17, 15) is 0 Å². The van der Waals surface area contributed by atoms with Crippen molar-refractivity contribution in [3.63, 3.8) is 0 Å². The highest BCUT2D eigenvalue weighted by Gasteiger charge is 2.11. The van der Waals surface area contributed by atoms with Crippen LogP contribution in [0.5, 0.6) is 0 Å². The Kier molecular flexibility index (Phi) is 4.82. The molecule has 3 nitrogen and oxygen atoms in total. The van der Waals surface area contributed by atoms with E-state index in [1.165, 1.54) is 38.5 Å². The number of rotatable bonds is 4. The Balaban J connectivity index is 0.00000180. The fourth-order valence-corrected chi connectivity index (χ4v) is 3.72. The summed E-state index contributed by atoms with van der Waals surface area (Å²) in [4.78, 5) is 6.73. The summed E-state index contributed by atoms with van der Waals surface area (Å²) in [5, 5.41) is 2.59. The van der Waals surface area contributed by atoms with Crippen molar-refractivity contribution >= 4 is 21.8 Å². The van der Waals surface area contributed by atoms with Crippen LogP contribution in [0.2, 0.25) is 0 Å². The third kappa shape index (κ3) is 3.28. The second-order valence-electron chi connectivity index (χ2n) is 6.69. The van der Waals surface area contributed by atoms with Crippen LogP contribution >= 0.6 is 0 Å². The summed E-state index contributed by atoms with van der Waals surface area (Å²) < 4.78 is 2.28. The highest BCUT2D eigenvalue weighted by atomic mass is 79.9. The molecule has 0 bridgehead atoms.